The maximum absolute atomic E-state index is 2.57. The van der Waals surface area contributed by atoms with Crippen molar-refractivity contribution < 1.29 is 0 Å². The van der Waals surface area contributed by atoms with E-state index in [2.05, 4.69) is 341 Å². The molecule has 0 aromatic heterocycles. The molecule has 0 bridgehead atoms. The minimum Gasteiger partial charge on any atom is -0.311 e. The van der Waals surface area contributed by atoms with E-state index in [-0.39, 0.29) is 6.71 Å². The van der Waals surface area contributed by atoms with Gasteiger partial charge in [0.15, 0.2) is 0 Å². The highest BCUT2D eigenvalue weighted by Gasteiger charge is 2.46. The summed E-state index contributed by atoms with van der Waals surface area (Å²) in [6.07, 6.45) is 0. The largest absolute Gasteiger partial charge is 0.311 e. The average Bonchev–Trinajstić information content (AvgIpc) is 3.64. The van der Waals surface area contributed by atoms with Crippen molar-refractivity contribution in [3.05, 3.63) is 322 Å². The molecule has 2 heterocycles. The fraction of sp³-hybridized carbons (Fsp3) is 0. The number of nitrogens with zero attached hydrogens (tertiary/aromatic N) is 4. The zero-order valence-corrected chi connectivity index (χ0v) is 43.7. The Morgan fingerprint density at radius 1 is 0.244 bits per heavy atom. The Labute approximate surface area is 459 Å². The number of benzene rings is 12. The van der Waals surface area contributed by atoms with E-state index in [0.29, 0.717) is 0 Å². The SMILES string of the molecule is c1ccc(N(c2ccccc2)c2ccc3c(c2)N(c2ccccc2)c2cc(S(c4ccccc4)(c4ccccc4)c4ccccc4)cc4c2B3c2ccc(N(c3ccccc3)c3ccccc3)cc2N4c2ccccc2)cc1. The number of hydrogen-bond donors (Lipinski definition) is 0. The Morgan fingerprint density at radius 2 is 0.526 bits per heavy atom. The lowest BCUT2D eigenvalue weighted by molar-refractivity contribution is 1.19. The molecular weight excluding hydrogens is 964 g/mol. The van der Waals surface area contributed by atoms with Crippen molar-refractivity contribution in [1.29, 1.82) is 0 Å². The van der Waals surface area contributed by atoms with Gasteiger partial charge < -0.3 is 19.6 Å². The lowest BCUT2D eigenvalue weighted by Gasteiger charge is -2.47. The molecule has 0 aliphatic carbocycles. The Morgan fingerprint density at radius 3 is 0.833 bits per heavy atom. The highest BCUT2D eigenvalue weighted by molar-refractivity contribution is 8.34. The van der Waals surface area contributed by atoms with Gasteiger partial charge >= 0.3 is 0 Å². The third-order valence-corrected chi connectivity index (χ3v) is 19.1. The van der Waals surface area contributed by atoms with Crippen LogP contribution in [0.3, 0.4) is 0 Å². The third-order valence-electron chi connectivity index (χ3n) is 15.3. The lowest BCUT2D eigenvalue weighted by Crippen LogP contribution is -2.61. The van der Waals surface area contributed by atoms with Crippen LogP contribution in [-0.4, -0.2) is 6.71 Å². The number of rotatable bonds is 12. The van der Waals surface area contributed by atoms with Gasteiger partial charge in [-0.2, -0.15) is 0 Å². The summed E-state index contributed by atoms with van der Waals surface area (Å²) in [5.74, 6) is 0. The highest BCUT2D eigenvalue weighted by Crippen LogP contribution is 2.74. The molecule has 0 fully saturated rings. The molecule has 2 aliphatic heterocycles. The van der Waals surface area contributed by atoms with Crippen LogP contribution in [0.2, 0.25) is 0 Å². The second-order valence-corrected chi connectivity index (χ2v) is 22.8. The van der Waals surface area contributed by atoms with Crippen molar-refractivity contribution in [3.63, 3.8) is 0 Å². The van der Waals surface area contributed by atoms with Crippen molar-refractivity contribution in [3.8, 4) is 0 Å². The smallest absolute Gasteiger partial charge is 0.252 e. The molecule has 4 nitrogen and oxygen atoms in total. The van der Waals surface area contributed by atoms with Crippen LogP contribution in [0, 0.1) is 0 Å². The average molecular weight is 1020 g/mol. The minimum atomic E-state index is -2.19. The number of fused-ring (bicyclic) bond motifs is 4. The van der Waals surface area contributed by atoms with Crippen LogP contribution < -0.4 is 36.0 Å². The predicted octanol–water partition coefficient (Wildman–Crippen LogP) is 18.0. The molecule has 12 aromatic carbocycles. The van der Waals surface area contributed by atoms with E-state index in [9.17, 15) is 0 Å². The minimum absolute atomic E-state index is 0.143. The molecule has 0 saturated heterocycles. The topological polar surface area (TPSA) is 13.0 Å². The molecular formula is C72H53BN4S. The fourth-order valence-electron chi connectivity index (χ4n) is 12.0. The molecule has 0 radical (unpaired) electrons. The molecule has 6 heteroatoms. The van der Waals surface area contributed by atoms with E-state index in [0.717, 1.165) is 68.2 Å². The van der Waals surface area contributed by atoms with Crippen LogP contribution in [0.5, 0.6) is 0 Å². The van der Waals surface area contributed by atoms with Gasteiger partial charge in [-0.05, 0) is 162 Å². The second kappa shape index (κ2) is 20.1. The van der Waals surface area contributed by atoms with Gasteiger partial charge in [-0.15, -0.1) is 10.0 Å². The third kappa shape index (κ3) is 7.96. The van der Waals surface area contributed by atoms with Crippen LogP contribution in [0.4, 0.5) is 68.2 Å². The standard InChI is InChI=1S/C72H53BN4S/c1-10-28-54(29-11-1)74(55-30-12-2-13-31-55)60-46-48-66-68(50-60)76(58-36-18-5-19-37-58)70-52-65(78(62-40-22-7-23-41-62,63-42-24-8-25-43-63)64-44-26-9-27-45-64)53-71-72(70)73(66)67-49-47-61(51-69(67)77(71)59-38-20-6-21-39-59)75(56-32-14-3-15-33-56)57-34-16-4-17-35-57/h1-53H. The zero-order valence-electron chi connectivity index (χ0n) is 42.9. The van der Waals surface area contributed by atoms with Gasteiger partial charge in [0.2, 0.25) is 0 Å². The number of para-hydroxylation sites is 6. The summed E-state index contributed by atoms with van der Waals surface area (Å²) in [5.41, 5.74) is 17.0. The summed E-state index contributed by atoms with van der Waals surface area (Å²) in [6.45, 7) is -0.143. The maximum atomic E-state index is 2.57. The van der Waals surface area contributed by atoms with Gasteiger partial charge in [0.05, 0.1) is 0 Å². The fourth-order valence-corrected chi connectivity index (χ4v) is 15.9. The Bertz CT molecular complexity index is 3650. The molecule has 12 aromatic rings. The second-order valence-electron chi connectivity index (χ2n) is 19.7. The van der Waals surface area contributed by atoms with E-state index in [1.807, 2.05) is 0 Å². The first-order valence-corrected chi connectivity index (χ1v) is 28.3. The molecule has 14 rings (SSSR count). The maximum Gasteiger partial charge on any atom is 0.252 e. The van der Waals surface area contributed by atoms with E-state index >= 15 is 0 Å². The molecule has 0 amide bonds. The zero-order chi connectivity index (χ0) is 51.8. The summed E-state index contributed by atoms with van der Waals surface area (Å²) in [6, 6.07) is 118. The van der Waals surface area contributed by atoms with Gasteiger partial charge in [-0.25, -0.2) is 0 Å². The van der Waals surface area contributed by atoms with Gasteiger partial charge in [0.1, 0.15) is 0 Å². The van der Waals surface area contributed by atoms with Crippen molar-refractivity contribution >= 4 is 101 Å². The van der Waals surface area contributed by atoms with Crippen molar-refractivity contribution in [2.45, 2.75) is 19.6 Å². The summed E-state index contributed by atoms with van der Waals surface area (Å²) < 4.78 is 0. The molecule has 2 aliphatic rings. The van der Waals surface area contributed by atoms with E-state index < -0.39 is 10.0 Å². The van der Waals surface area contributed by atoms with Crippen LogP contribution in [0.1, 0.15) is 0 Å². The Hall–Kier alpha value is -9.75. The van der Waals surface area contributed by atoms with Crippen molar-refractivity contribution in [1.82, 2.24) is 0 Å². The predicted molar refractivity (Wildman–Crippen MR) is 330 cm³/mol. The molecule has 0 spiro atoms. The van der Waals surface area contributed by atoms with Gasteiger partial charge in [-0.3, -0.25) is 0 Å². The first kappa shape index (κ1) is 46.8. The molecule has 0 saturated carbocycles. The Kier molecular flexibility index (Phi) is 12.0. The van der Waals surface area contributed by atoms with Gasteiger partial charge in [-0.1, -0.05) is 176 Å². The lowest BCUT2D eigenvalue weighted by atomic mass is 9.33. The van der Waals surface area contributed by atoms with Gasteiger partial charge in [0, 0.05) is 87.8 Å². The van der Waals surface area contributed by atoms with Crippen LogP contribution in [0.15, 0.2) is 341 Å². The monoisotopic (exact) mass is 1020 g/mol. The van der Waals surface area contributed by atoms with Crippen LogP contribution in [0.25, 0.3) is 0 Å². The first-order valence-electron chi connectivity index (χ1n) is 26.7. The van der Waals surface area contributed by atoms with Crippen LogP contribution in [-0.2, 0) is 0 Å². The van der Waals surface area contributed by atoms with E-state index in [1.54, 1.807) is 0 Å². The van der Waals surface area contributed by atoms with Gasteiger partial charge in [0.25, 0.3) is 6.71 Å². The van der Waals surface area contributed by atoms with E-state index in [1.165, 1.54) is 36.0 Å². The van der Waals surface area contributed by atoms with Crippen molar-refractivity contribution in [2.75, 3.05) is 19.6 Å². The summed E-state index contributed by atoms with van der Waals surface area (Å²) in [7, 11) is -2.19. The molecule has 78 heavy (non-hydrogen) atoms. The quantitative estimate of drug-likeness (QED) is 0.113. The molecule has 0 N–H and O–H groups in total. The summed E-state index contributed by atoms with van der Waals surface area (Å²) in [5, 5.41) is 0. The molecule has 0 unspecified atom stereocenters. The van der Waals surface area contributed by atoms with Crippen molar-refractivity contribution in [2.24, 2.45) is 0 Å². The summed E-state index contributed by atoms with van der Waals surface area (Å²) in [4.78, 5) is 14.9. The normalized spacial score (nSPS) is 12.5. The Balaban J connectivity index is 1.12. The molecule has 370 valence electrons. The highest BCUT2D eigenvalue weighted by atomic mass is 32.3. The molecule has 0 atom stereocenters. The summed E-state index contributed by atoms with van der Waals surface area (Å²) >= 11 is 0. The van der Waals surface area contributed by atoms with Crippen LogP contribution >= 0.6 is 10.0 Å². The number of hydrogen-bond acceptors (Lipinski definition) is 4. The number of anilines is 12. The van der Waals surface area contributed by atoms with E-state index in [4.69, 9.17) is 0 Å². The first-order chi connectivity index (χ1) is 38.7.